The highest BCUT2D eigenvalue weighted by atomic mass is 16.5. The van der Waals surface area contributed by atoms with Gasteiger partial charge in [-0.05, 0) is 37.8 Å². The van der Waals surface area contributed by atoms with Gasteiger partial charge in [0.05, 0.1) is 12.7 Å². The summed E-state index contributed by atoms with van der Waals surface area (Å²) in [6.07, 6.45) is 4.77. The van der Waals surface area contributed by atoms with Crippen molar-refractivity contribution in [3.05, 3.63) is 0 Å². The number of piperidine rings is 1. The summed E-state index contributed by atoms with van der Waals surface area (Å²) in [4.78, 5) is 11.6. The average molecular weight is 241 g/mol. The van der Waals surface area contributed by atoms with Crippen LogP contribution in [0, 0.1) is 5.41 Å². The zero-order valence-electron chi connectivity index (χ0n) is 11.6. The lowest BCUT2D eigenvalue weighted by Crippen LogP contribution is -2.32. The lowest BCUT2D eigenvalue weighted by Gasteiger charge is -2.23. The fraction of sp³-hybridized carbons (Fsp3) is 0.929. The molecule has 1 aliphatic heterocycles. The van der Waals surface area contributed by atoms with Gasteiger partial charge in [0.25, 0.3) is 0 Å². The highest BCUT2D eigenvalue weighted by molar-refractivity contribution is 5.78. The zero-order valence-corrected chi connectivity index (χ0v) is 11.6. The van der Waals surface area contributed by atoms with E-state index in [1.165, 1.54) is 0 Å². The second-order valence-corrected chi connectivity index (χ2v) is 6.17. The third-order valence-corrected chi connectivity index (χ3v) is 3.17. The highest BCUT2D eigenvalue weighted by Gasteiger charge is 2.15. The molecular weight excluding hydrogens is 214 g/mol. The first-order valence-corrected chi connectivity index (χ1v) is 6.81. The highest BCUT2D eigenvalue weighted by Crippen LogP contribution is 2.21. The molecule has 0 aromatic rings. The van der Waals surface area contributed by atoms with E-state index in [1.807, 2.05) is 0 Å². The lowest BCUT2D eigenvalue weighted by atomic mass is 9.89. The molecule has 3 heteroatoms. The summed E-state index contributed by atoms with van der Waals surface area (Å²) in [6, 6.07) is 0. The van der Waals surface area contributed by atoms with E-state index in [-0.39, 0.29) is 5.41 Å². The summed E-state index contributed by atoms with van der Waals surface area (Å²) in [5.41, 5.74) is 0.256. The van der Waals surface area contributed by atoms with Gasteiger partial charge in [0, 0.05) is 12.8 Å². The minimum Gasteiger partial charge on any atom is -0.378 e. The molecule has 17 heavy (non-hydrogen) atoms. The third-order valence-electron chi connectivity index (χ3n) is 3.17. The van der Waals surface area contributed by atoms with E-state index in [1.54, 1.807) is 0 Å². The topological polar surface area (TPSA) is 38.3 Å². The minimum absolute atomic E-state index is 0.256. The number of carbonyl (C=O) groups excluding carboxylic acids is 1. The minimum atomic E-state index is 0.256. The normalized spacial score (nSPS) is 18.3. The number of carbonyl (C=O) groups is 1. The molecule has 1 rings (SSSR count). The summed E-state index contributed by atoms with van der Waals surface area (Å²) in [5, 5.41) is 3.30. The predicted molar refractivity (Wildman–Crippen MR) is 70.2 cm³/mol. The van der Waals surface area contributed by atoms with E-state index < -0.39 is 0 Å². The Hall–Kier alpha value is -0.410. The summed E-state index contributed by atoms with van der Waals surface area (Å²) in [7, 11) is 0. The van der Waals surface area contributed by atoms with Gasteiger partial charge < -0.3 is 10.1 Å². The van der Waals surface area contributed by atoms with Crippen molar-refractivity contribution in [3.63, 3.8) is 0 Å². The van der Waals surface area contributed by atoms with Crippen LogP contribution in [0.15, 0.2) is 0 Å². The molecular formula is C14H27NO2. The molecule has 1 saturated heterocycles. The number of nitrogens with one attached hydrogen (secondary N) is 1. The van der Waals surface area contributed by atoms with Crippen LogP contribution in [0.4, 0.5) is 0 Å². The molecule has 1 heterocycles. The van der Waals surface area contributed by atoms with Crippen LogP contribution in [0.2, 0.25) is 0 Å². The first-order chi connectivity index (χ1) is 7.97. The van der Waals surface area contributed by atoms with E-state index in [2.05, 4.69) is 26.1 Å². The number of ether oxygens (including phenoxy) is 1. The van der Waals surface area contributed by atoms with E-state index in [0.717, 1.165) is 32.4 Å². The first-order valence-electron chi connectivity index (χ1n) is 6.81. The second-order valence-electron chi connectivity index (χ2n) is 6.17. The van der Waals surface area contributed by atoms with E-state index in [9.17, 15) is 4.79 Å². The van der Waals surface area contributed by atoms with Crippen LogP contribution in [0.1, 0.15) is 52.9 Å². The molecule has 0 atom stereocenters. The van der Waals surface area contributed by atoms with E-state index in [4.69, 9.17) is 4.74 Å². The Balaban J connectivity index is 2.03. The summed E-state index contributed by atoms with van der Waals surface area (Å²) < 4.78 is 5.72. The number of ketones is 1. The van der Waals surface area contributed by atoms with Gasteiger partial charge in [-0.1, -0.05) is 20.8 Å². The van der Waals surface area contributed by atoms with Gasteiger partial charge >= 0.3 is 0 Å². The maximum absolute atomic E-state index is 11.6. The van der Waals surface area contributed by atoms with Crippen molar-refractivity contribution in [1.29, 1.82) is 0 Å². The lowest BCUT2D eigenvalue weighted by molar-refractivity contribution is -0.121. The molecule has 1 fully saturated rings. The molecule has 100 valence electrons. The third kappa shape index (κ3) is 7.50. The zero-order chi connectivity index (χ0) is 12.7. The van der Waals surface area contributed by atoms with Crippen molar-refractivity contribution in [2.75, 3.05) is 19.7 Å². The number of rotatable bonds is 6. The monoisotopic (exact) mass is 241 g/mol. The van der Waals surface area contributed by atoms with Gasteiger partial charge in [-0.25, -0.2) is 0 Å². The van der Waals surface area contributed by atoms with Gasteiger partial charge in [-0.15, -0.1) is 0 Å². The summed E-state index contributed by atoms with van der Waals surface area (Å²) in [6.45, 7) is 9.21. The Kier molecular flexibility index (Phi) is 6.14. The molecule has 3 nitrogen and oxygen atoms in total. The van der Waals surface area contributed by atoms with E-state index in [0.29, 0.717) is 31.3 Å². The quantitative estimate of drug-likeness (QED) is 0.776. The molecule has 1 aliphatic rings. The Morgan fingerprint density at radius 3 is 2.47 bits per heavy atom. The SMILES string of the molecule is CC(C)(C)CCC(=O)CCOC1CCNCC1. The fourth-order valence-corrected chi connectivity index (χ4v) is 1.94. The van der Waals surface area contributed by atoms with Crippen molar-refractivity contribution < 1.29 is 9.53 Å². The first kappa shape index (κ1) is 14.7. The number of hydrogen-bond acceptors (Lipinski definition) is 3. The second kappa shape index (κ2) is 7.12. The standard InChI is InChI=1S/C14H27NO2/c1-14(2,3)8-4-12(16)7-11-17-13-5-9-15-10-6-13/h13,15H,4-11H2,1-3H3. The van der Waals surface area contributed by atoms with E-state index >= 15 is 0 Å². The van der Waals surface area contributed by atoms with Gasteiger partial charge in [-0.3, -0.25) is 4.79 Å². The average Bonchev–Trinajstić information content (AvgIpc) is 2.27. The van der Waals surface area contributed by atoms with Crippen LogP contribution in [-0.2, 0) is 9.53 Å². The van der Waals surface area contributed by atoms with Crippen molar-refractivity contribution in [2.24, 2.45) is 5.41 Å². The molecule has 0 saturated carbocycles. The van der Waals surface area contributed by atoms with Gasteiger partial charge in [0.1, 0.15) is 5.78 Å². The Labute approximate surface area is 105 Å². The summed E-state index contributed by atoms with van der Waals surface area (Å²) in [5.74, 6) is 0.342. The van der Waals surface area contributed by atoms with Gasteiger partial charge in [0.2, 0.25) is 0 Å². The Morgan fingerprint density at radius 2 is 1.88 bits per heavy atom. The van der Waals surface area contributed by atoms with Crippen LogP contribution in [0.5, 0.6) is 0 Å². The van der Waals surface area contributed by atoms with Crippen molar-refractivity contribution in [2.45, 2.75) is 59.0 Å². The maximum atomic E-state index is 11.6. The smallest absolute Gasteiger partial charge is 0.135 e. The van der Waals surface area contributed by atoms with Gasteiger partial charge in [0.15, 0.2) is 0 Å². The molecule has 0 spiro atoms. The van der Waals surface area contributed by atoms with Crippen LogP contribution < -0.4 is 5.32 Å². The summed E-state index contributed by atoms with van der Waals surface area (Å²) >= 11 is 0. The van der Waals surface area contributed by atoms with Crippen molar-refractivity contribution in [3.8, 4) is 0 Å². The largest absolute Gasteiger partial charge is 0.378 e. The molecule has 0 bridgehead atoms. The van der Waals surface area contributed by atoms with Crippen LogP contribution in [0.25, 0.3) is 0 Å². The number of Topliss-reactive ketones (excluding diaryl/α,β-unsaturated/α-hetero) is 1. The maximum Gasteiger partial charge on any atom is 0.135 e. The van der Waals surface area contributed by atoms with Crippen LogP contribution in [-0.4, -0.2) is 31.6 Å². The molecule has 1 N–H and O–H groups in total. The molecule has 0 unspecified atom stereocenters. The Morgan fingerprint density at radius 1 is 1.24 bits per heavy atom. The molecule has 0 radical (unpaired) electrons. The fourth-order valence-electron chi connectivity index (χ4n) is 1.94. The van der Waals surface area contributed by atoms with Crippen LogP contribution in [0.3, 0.4) is 0 Å². The van der Waals surface area contributed by atoms with Crippen molar-refractivity contribution >= 4 is 5.78 Å². The Bertz CT molecular complexity index is 227. The molecule has 0 aromatic carbocycles. The predicted octanol–water partition coefficient (Wildman–Crippen LogP) is 2.54. The van der Waals surface area contributed by atoms with Crippen molar-refractivity contribution in [1.82, 2.24) is 5.32 Å². The molecule has 0 aliphatic carbocycles. The van der Waals surface area contributed by atoms with Crippen LogP contribution >= 0.6 is 0 Å². The van der Waals surface area contributed by atoms with Gasteiger partial charge in [-0.2, -0.15) is 0 Å². The number of hydrogen-bond donors (Lipinski definition) is 1. The molecule has 0 aromatic heterocycles. The molecule has 0 amide bonds.